The molecule has 2 aromatic carbocycles. The van der Waals surface area contributed by atoms with Gasteiger partial charge in [-0.2, -0.15) is 0 Å². The van der Waals surface area contributed by atoms with Crippen molar-refractivity contribution in [2.75, 3.05) is 31.1 Å². The molecule has 1 fully saturated rings. The van der Waals surface area contributed by atoms with Gasteiger partial charge in [-0.1, -0.05) is 53.0 Å². The van der Waals surface area contributed by atoms with E-state index >= 15 is 0 Å². The predicted octanol–water partition coefficient (Wildman–Crippen LogP) is 4.19. The van der Waals surface area contributed by atoms with Gasteiger partial charge in [0, 0.05) is 31.2 Å². The number of aryl methyl sites for hydroxylation is 1. The number of halogens is 2. The largest absolute Gasteiger partial charge is 0.367 e. The molecule has 1 amide bonds. The van der Waals surface area contributed by atoms with Crippen molar-refractivity contribution >= 4 is 34.8 Å². The molecule has 0 unspecified atom stereocenters. The van der Waals surface area contributed by atoms with Gasteiger partial charge in [0.05, 0.1) is 17.1 Å². The van der Waals surface area contributed by atoms with Crippen LogP contribution in [-0.4, -0.2) is 37.0 Å². The Labute approximate surface area is 152 Å². The van der Waals surface area contributed by atoms with E-state index in [4.69, 9.17) is 23.2 Å². The molecule has 126 valence electrons. The van der Waals surface area contributed by atoms with E-state index in [1.54, 1.807) is 6.07 Å². The van der Waals surface area contributed by atoms with Gasteiger partial charge in [-0.3, -0.25) is 4.79 Å². The summed E-state index contributed by atoms with van der Waals surface area (Å²) in [4.78, 5) is 16.6. The van der Waals surface area contributed by atoms with Crippen molar-refractivity contribution in [2.45, 2.75) is 13.3 Å². The second-order valence-electron chi connectivity index (χ2n) is 6.13. The minimum atomic E-state index is 0.177. The highest BCUT2D eigenvalue weighted by molar-refractivity contribution is 6.35. The molecule has 0 bridgehead atoms. The second kappa shape index (κ2) is 7.45. The minimum Gasteiger partial charge on any atom is -0.367 e. The van der Waals surface area contributed by atoms with Crippen LogP contribution in [0.3, 0.4) is 0 Å². The SMILES string of the molecule is Cc1ccc(CC(=O)N2CCN(c3cc(Cl)ccc3Cl)CC2)cc1. The summed E-state index contributed by atoms with van der Waals surface area (Å²) >= 11 is 12.3. The molecule has 0 aliphatic carbocycles. The molecule has 1 aliphatic heterocycles. The number of carbonyl (C=O) groups is 1. The molecule has 24 heavy (non-hydrogen) atoms. The average molecular weight is 363 g/mol. The van der Waals surface area contributed by atoms with E-state index in [0.29, 0.717) is 29.6 Å². The molecule has 0 atom stereocenters. The van der Waals surface area contributed by atoms with Gasteiger partial charge in [-0.25, -0.2) is 0 Å². The van der Waals surface area contributed by atoms with E-state index in [1.165, 1.54) is 5.56 Å². The van der Waals surface area contributed by atoms with Gasteiger partial charge >= 0.3 is 0 Å². The van der Waals surface area contributed by atoms with Crippen LogP contribution in [0.25, 0.3) is 0 Å². The molecule has 0 radical (unpaired) electrons. The van der Waals surface area contributed by atoms with Crippen molar-refractivity contribution in [3.63, 3.8) is 0 Å². The average Bonchev–Trinajstić information content (AvgIpc) is 2.59. The monoisotopic (exact) mass is 362 g/mol. The molecular formula is C19H20Cl2N2O. The van der Waals surface area contributed by atoms with Crippen molar-refractivity contribution in [1.82, 2.24) is 4.90 Å². The standard InChI is InChI=1S/C19H20Cl2N2O/c1-14-2-4-15(5-3-14)12-19(24)23-10-8-22(9-11-23)18-13-16(20)6-7-17(18)21/h2-7,13H,8-12H2,1H3. The summed E-state index contributed by atoms with van der Waals surface area (Å²) in [5.41, 5.74) is 3.21. The summed E-state index contributed by atoms with van der Waals surface area (Å²) in [6, 6.07) is 13.6. The Morgan fingerprint density at radius 2 is 1.67 bits per heavy atom. The van der Waals surface area contributed by atoms with Crippen LogP contribution in [0.5, 0.6) is 0 Å². The molecule has 5 heteroatoms. The van der Waals surface area contributed by atoms with E-state index in [9.17, 15) is 4.79 Å². The normalized spacial score (nSPS) is 14.8. The van der Waals surface area contributed by atoms with Gasteiger partial charge < -0.3 is 9.80 Å². The number of hydrogen-bond donors (Lipinski definition) is 0. The van der Waals surface area contributed by atoms with Gasteiger partial charge in [0.2, 0.25) is 5.91 Å². The van der Waals surface area contributed by atoms with E-state index in [0.717, 1.165) is 24.3 Å². The van der Waals surface area contributed by atoms with Gasteiger partial charge in [0.25, 0.3) is 0 Å². The molecule has 3 rings (SSSR count). The summed E-state index contributed by atoms with van der Waals surface area (Å²) in [5.74, 6) is 0.177. The van der Waals surface area contributed by atoms with E-state index in [1.807, 2.05) is 48.2 Å². The van der Waals surface area contributed by atoms with E-state index in [-0.39, 0.29) is 5.91 Å². The van der Waals surface area contributed by atoms with Crippen LogP contribution in [0.2, 0.25) is 10.0 Å². The second-order valence-corrected chi connectivity index (χ2v) is 6.97. The lowest BCUT2D eigenvalue weighted by atomic mass is 10.1. The molecule has 0 spiro atoms. The first kappa shape index (κ1) is 17.1. The molecule has 3 nitrogen and oxygen atoms in total. The molecule has 1 heterocycles. The molecular weight excluding hydrogens is 343 g/mol. The summed E-state index contributed by atoms with van der Waals surface area (Å²) < 4.78 is 0. The first-order valence-corrected chi connectivity index (χ1v) is 8.82. The Morgan fingerprint density at radius 3 is 2.33 bits per heavy atom. The number of benzene rings is 2. The zero-order chi connectivity index (χ0) is 17.1. The van der Waals surface area contributed by atoms with Crippen LogP contribution in [0.15, 0.2) is 42.5 Å². The van der Waals surface area contributed by atoms with Crippen LogP contribution in [0, 0.1) is 6.92 Å². The van der Waals surface area contributed by atoms with Crippen LogP contribution in [0.1, 0.15) is 11.1 Å². The fourth-order valence-corrected chi connectivity index (χ4v) is 3.32. The molecule has 0 aromatic heterocycles. The number of carbonyl (C=O) groups excluding carboxylic acids is 1. The van der Waals surface area contributed by atoms with Crippen molar-refractivity contribution in [3.05, 3.63) is 63.6 Å². The van der Waals surface area contributed by atoms with Gasteiger partial charge in [-0.15, -0.1) is 0 Å². The Morgan fingerprint density at radius 1 is 1.00 bits per heavy atom. The van der Waals surface area contributed by atoms with Gasteiger partial charge in [0.1, 0.15) is 0 Å². The van der Waals surface area contributed by atoms with Crippen molar-refractivity contribution < 1.29 is 4.79 Å². The van der Waals surface area contributed by atoms with Crippen molar-refractivity contribution in [3.8, 4) is 0 Å². The molecule has 1 aliphatic rings. The van der Waals surface area contributed by atoms with Crippen LogP contribution in [-0.2, 0) is 11.2 Å². The summed E-state index contributed by atoms with van der Waals surface area (Å²) in [6.45, 7) is 4.98. The molecule has 1 saturated heterocycles. The Hall–Kier alpha value is -1.71. The fourth-order valence-electron chi connectivity index (χ4n) is 2.92. The maximum atomic E-state index is 12.5. The Balaban J connectivity index is 1.59. The maximum Gasteiger partial charge on any atom is 0.227 e. The van der Waals surface area contributed by atoms with E-state index < -0.39 is 0 Å². The predicted molar refractivity (Wildman–Crippen MR) is 100 cm³/mol. The molecule has 0 N–H and O–H groups in total. The first-order valence-electron chi connectivity index (χ1n) is 8.06. The smallest absolute Gasteiger partial charge is 0.227 e. The highest BCUT2D eigenvalue weighted by atomic mass is 35.5. The number of nitrogens with zero attached hydrogens (tertiary/aromatic N) is 2. The molecule has 2 aromatic rings. The summed E-state index contributed by atoms with van der Waals surface area (Å²) in [6.07, 6.45) is 0.457. The van der Waals surface area contributed by atoms with E-state index in [2.05, 4.69) is 4.90 Å². The third kappa shape index (κ3) is 4.03. The quantitative estimate of drug-likeness (QED) is 0.816. The lowest BCUT2D eigenvalue weighted by Crippen LogP contribution is -2.49. The van der Waals surface area contributed by atoms with Crippen LogP contribution < -0.4 is 4.90 Å². The zero-order valence-corrected chi connectivity index (χ0v) is 15.1. The van der Waals surface area contributed by atoms with Crippen molar-refractivity contribution in [2.24, 2.45) is 0 Å². The minimum absolute atomic E-state index is 0.177. The summed E-state index contributed by atoms with van der Waals surface area (Å²) in [7, 11) is 0. The first-order chi connectivity index (χ1) is 11.5. The third-order valence-corrected chi connectivity index (χ3v) is 4.91. The molecule has 0 saturated carbocycles. The van der Waals surface area contributed by atoms with Gasteiger partial charge in [0.15, 0.2) is 0 Å². The maximum absolute atomic E-state index is 12.5. The van der Waals surface area contributed by atoms with Crippen LogP contribution in [0.4, 0.5) is 5.69 Å². The lowest BCUT2D eigenvalue weighted by Gasteiger charge is -2.36. The Bertz CT molecular complexity index is 723. The van der Waals surface area contributed by atoms with Gasteiger partial charge in [-0.05, 0) is 30.7 Å². The fraction of sp³-hybridized carbons (Fsp3) is 0.316. The van der Waals surface area contributed by atoms with Crippen LogP contribution >= 0.6 is 23.2 Å². The number of anilines is 1. The number of piperazine rings is 1. The highest BCUT2D eigenvalue weighted by Gasteiger charge is 2.22. The van der Waals surface area contributed by atoms with Crippen molar-refractivity contribution in [1.29, 1.82) is 0 Å². The topological polar surface area (TPSA) is 23.6 Å². The lowest BCUT2D eigenvalue weighted by molar-refractivity contribution is -0.130. The number of amides is 1. The number of rotatable bonds is 3. The third-order valence-electron chi connectivity index (χ3n) is 4.36. The Kier molecular flexibility index (Phi) is 5.32. The highest BCUT2D eigenvalue weighted by Crippen LogP contribution is 2.29. The number of hydrogen-bond acceptors (Lipinski definition) is 2. The summed E-state index contributed by atoms with van der Waals surface area (Å²) in [5, 5.41) is 1.37. The zero-order valence-electron chi connectivity index (χ0n) is 13.6.